The Bertz CT molecular complexity index is 1320. The van der Waals surface area contributed by atoms with Crippen LogP contribution in [0.3, 0.4) is 0 Å². The van der Waals surface area contributed by atoms with Crippen molar-refractivity contribution < 1.29 is 4.79 Å². The van der Waals surface area contributed by atoms with Crippen molar-refractivity contribution in [3.63, 3.8) is 0 Å². The quantitative estimate of drug-likeness (QED) is 0.376. The number of hydrazine groups is 1. The Labute approximate surface area is 164 Å². The molecule has 136 valence electrons. The van der Waals surface area contributed by atoms with Gasteiger partial charge in [0.1, 0.15) is 10.3 Å². The number of thiophene rings is 1. The van der Waals surface area contributed by atoms with Crippen LogP contribution in [-0.4, -0.2) is 16.0 Å². The summed E-state index contributed by atoms with van der Waals surface area (Å²) in [6, 6.07) is 22.7. The number of amides is 2. The third-order valence-electron chi connectivity index (χ3n) is 4.33. The number of rotatable bonds is 3. The van der Waals surface area contributed by atoms with Gasteiger partial charge in [0, 0.05) is 15.8 Å². The second-order valence-electron chi connectivity index (χ2n) is 6.25. The molecular weight excluding hydrogens is 370 g/mol. The molecule has 0 bridgehead atoms. The highest BCUT2D eigenvalue weighted by atomic mass is 32.1. The van der Waals surface area contributed by atoms with Gasteiger partial charge in [-0.1, -0.05) is 30.3 Å². The molecule has 2 amide bonds. The van der Waals surface area contributed by atoms with Crippen LogP contribution in [0.5, 0.6) is 0 Å². The van der Waals surface area contributed by atoms with E-state index >= 15 is 0 Å². The molecule has 0 saturated carbocycles. The summed E-state index contributed by atoms with van der Waals surface area (Å²) in [5, 5.41) is 3.82. The summed E-state index contributed by atoms with van der Waals surface area (Å²) in [6.45, 7) is 0. The van der Waals surface area contributed by atoms with Crippen LogP contribution in [0.25, 0.3) is 31.5 Å². The third kappa shape index (κ3) is 3.08. The smallest absolute Gasteiger partial charge is 0.307 e. The van der Waals surface area contributed by atoms with E-state index in [1.54, 1.807) is 11.3 Å². The Hall–Kier alpha value is -3.71. The van der Waals surface area contributed by atoms with E-state index in [9.17, 15) is 4.79 Å². The molecule has 0 aliphatic carbocycles. The van der Waals surface area contributed by atoms with Crippen molar-refractivity contribution in [3.05, 3.63) is 72.8 Å². The molecule has 5 rings (SSSR count). The minimum Gasteiger partial charge on any atom is -0.307 e. The number of para-hydroxylation sites is 3. The Morgan fingerprint density at radius 2 is 1.57 bits per heavy atom. The van der Waals surface area contributed by atoms with E-state index in [0.29, 0.717) is 5.69 Å². The molecule has 0 spiro atoms. The van der Waals surface area contributed by atoms with Gasteiger partial charge in [0.25, 0.3) is 0 Å². The van der Waals surface area contributed by atoms with Crippen molar-refractivity contribution in [3.8, 4) is 0 Å². The number of fused-ring (bicyclic) bond motifs is 4. The Morgan fingerprint density at radius 3 is 2.39 bits per heavy atom. The summed E-state index contributed by atoms with van der Waals surface area (Å²) < 4.78 is 1.08. The topological polar surface area (TPSA) is 78.9 Å². The number of nitrogens with one attached hydrogen (secondary N) is 3. The van der Waals surface area contributed by atoms with E-state index in [1.807, 2.05) is 72.8 Å². The number of urea groups is 1. The maximum Gasteiger partial charge on any atom is 0.337 e. The first-order valence-corrected chi connectivity index (χ1v) is 9.55. The fourth-order valence-corrected chi connectivity index (χ4v) is 4.04. The SMILES string of the molecule is O=C(NNc1ccccc1)Nc1ccc2sc3nc4ccccc4nc3c2c1. The molecule has 7 heteroatoms. The molecule has 0 radical (unpaired) electrons. The maximum atomic E-state index is 12.2. The number of carbonyl (C=O) groups excluding carboxylic acids is 1. The fourth-order valence-electron chi connectivity index (χ4n) is 3.03. The average molecular weight is 385 g/mol. The van der Waals surface area contributed by atoms with Gasteiger partial charge in [-0.05, 0) is 42.5 Å². The van der Waals surface area contributed by atoms with Crippen molar-refractivity contribution in [2.45, 2.75) is 0 Å². The van der Waals surface area contributed by atoms with Gasteiger partial charge >= 0.3 is 6.03 Å². The first-order chi connectivity index (χ1) is 13.8. The van der Waals surface area contributed by atoms with E-state index < -0.39 is 0 Å². The first kappa shape index (κ1) is 16.5. The molecule has 2 aromatic heterocycles. The molecule has 6 nitrogen and oxygen atoms in total. The van der Waals surface area contributed by atoms with Crippen LogP contribution in [-0.2, 0) is 0 Å². The lowest BCUT2D eigenvalue weighted by Crippen LogP contribution is -2.33. The molecular formula is C21H15N5OS. The monoisotopic (exact) mass is 385 g/mol. The Morgan fingerprint density at radius 1 is 0.821 bits per heavy atom. The van der Waals surface area contributed by atoms with Crippen molar-refractivity contribution in [2.24, 2.45) is 0 Å². The number of hydrogen-bond donors (Lipinski definition) is 3. The van der Waals surface area contributed by atoms with Gasteiger partial charge in [-0.25, -0.2) is 14.8 Å². The van der Waals surface area contributed by atoms with E-state index in [-0.39, 0.29) is 6.03 Å². The zero-order valence-corrected chi connectivity index (χ0v) is 15.5. The highest BCUT2D eigenvalue weighted by Crippen LogP contribution is 2.34. The van der Waals surface area contributed by atoms with Crippen LogP contribution >= 0.6 is 11.3 Å². The molecule has 3 N–H and O–H groups in total. The van der Waals surface area contributed by atoms with Gasteiger partial charge in [-0.2, -0.15) is 0 Å². The number of aromatic nitrogens is 2. The normalized spacial score (nSPS) is 11.0. The molecule has 28 heavy (non-hydrogen) atoms. The highest BCUT2D eigenvalue weighted by Gasteiger charge is 2.11. The second-order valence-corrected chi connectivity index (χ2v) is 7.28. The fraction of sp³-hybridized carbons (Fsp3) is 0. The van der Waals surface area contributed by atoms with Gasteiger partial charge in [0.05, 0.1) is 16.7 Å². The summed E-state index contributed by atoms with van der Waals surface area (Å²) in [5.41, 5.74) is 9.58. The molecule has 3 aromatic carbocycles. The van der Waals surface area contributed by atoms with Crippen molar-refractivity contribution in [1.29, 1.82) is 0 Å². The highest BCUT2D eigenvalue weighted by molar-refractivity contribution is 7.25. The van der Waals surface area contributed by atoms with Gasteiger partial charge < -0.3 is 5.32 Å². The molecule has 0 unspecified atom stereocenters. The van der Waals surface area contributed by atoms with Crippen LogP contribution in [0.15, 0.2) is 72.8 Å². The predicted molar refractivity (Wildman–Crippen MR) is 115 cm³/mol. The standard InChI is InChI=1S/C21H15N5OS/c27-21(26-25-13-6-2-1-3-7-13)22-14-10-11-18-15(12-14)19-20(28-18)24-17-9-5-4-8-16(17)23-19/h1-12,25H,(H2,22,26,27). The van der Waals surface area contributed by atoms with E-state index in [1.165, 1.54) is 0 Å². The van der Waals surface area contributed by atoms with Crippen LogP contribution in [0.4, 0.5) is 16.2 Å². The summed E-state index contributed by atoms with van der Waals surface area (Å²) in [4.78, 5) is 22.6. The summed E-state index contributed by atoms with van der Waals surface area (Å²) in [7, 11) is 0. The van der Waals surface area contributed by atoms with Crippen LogP contribution in [0.2, 0.25) is 0 Å². The molecule has 5 aromatic rings. The summed E-state index contributed by atoms with van der Waals surface area (Å²) >= 11 is 1.60. The van der Waals surface area contributed by atoms with Gasteiger partial charge in [-0.3, -0.25) is 10.9 Å². The number of hydrogen-bond acceptors (Lipinski definition) is 5. The summed E-state index contributed by atoms with van der Waals surface area (Å²) in [5.74, 6) is 0. The lowest BCUT2D eigenvalue weighted by Gasteiger charge is -2.10. The minimum atomic E-state index is -0.348. The molecule has 0 atom stereocenters. The third-order valence-corrected chi connectivity index (χ3v) is 5.39. The maximum absolute atomic E-state index is 12.2. The van der Waals surface area contributed by atoms with Crippen LogP contribution in [0, 0.1) is 0 Å². The Balaban J connectivity index is 1.43. The van der Waals surface area contributed by atoms with Gasteiger partial charge in [0.15, 0.2) is 0 Å². The predicted octanol–water partition coefficient (Wildman–Crippen LogP) is 5.15. The first-order valence-electron chi connectivity index (χ1n) is 8.73. The van der Waals surface area contributed by atoms with E-state index in [2.05, 4.69) is 16.2 Å². The lowest BCUT2D eigenvalue weighted by molar-refractivity contribution is 0.254. The van der Waals surface area contributed by atoms with E-state index in [0.717, 1.165) is 37.2 Å². The molecule has 0 aliphatic rings. The number of anilines is 2. The van der Waals surface area contributed by atoms with Crippen LogP contribution < -0.4 is 16.2 Å². The number of carbonyl (C=O) groups is 1. The summed E-state index contributed by atoms with van der Waals surface area (Å²) in [6.07, 6.45) is 0. The lowest BCUT2D eigenvalue weighted by atomic mass is 10.2. The minimum absolute atomic E-state index is 0.348. The Kier molecular flexibility index (Phi) is 3.99. The number of nitrogens with zero attached hydrogens (tertiary/aromatic N) is 2. The number of benzene rings is 3. The largest absolute Gasteiger partial charge is 0.337 e. The molecule has 0 fully saturated rings. The van der Waals surface area contributed by atoms with Crippen molar-refractivity contribution in [1.82, 2.24) is 15.4 Å². The molecule has 0 aliphatic heterocycles. The van der Waals surface area contributed by atoms with Crippen molar-refractivity contribution >= 4 is 60.2 Å². The van der Waals surface area contributed by atoms with E-state index in [4.69, 9.17) is 9.97 Å². The van der Waals surface area contributed by atoms with Gasteiger partial charge in [0.2, 0.25) is 0 Å². The van der Waals surface area contributed by atoms with Gasteiger partial charge in [-0.15, -0.1) is 11.3 Å². The van der Waals surface area contributed by atoms with Crippen molar-refractivity contribution in [2.75, 3.05) is 10.7 Å². The average Bonchev–Trinajstić information content (AvgIpc) is 3.08. The second kappa shape index (κ2) is 6.79. The molecule has 2 heterocycles. The zero-order chi connectivity index (χ0) is 18.9. The van der Waals surface area contributed by atoms with Crippen LogP contribution in [0.1, 0.15) is 0 Å². The zero-order valence-electron chi connectivity index (χ0n) is 14.6. The molecule has 0 saturated heterocycles.